The van der Waals surface area contributed by atoms with E-state index in [0.29, 0.717) is 0 Å². The third kappa shape index (κ3) is 1.13. The van der Waals surface area contributed by atoms with E-state index in [0.717, 1.165) is 16.9 Å². The first kappa shape index (κ1) is 12.9. The largest absolute Gasteiger partial charge is 0.497 e. The van der Waals surface area contributed by atoms with Crippen LogP contribution >= 0.6 is 0 Å². The van der Waals surface area contributed by atoms with Crippen molar-refractivity contribution in [2.24, 2.45) is 17.3 Å². The number of benzene rings is 1. The number of hydrogen-bond donors (Lipinski definition) is 1. The minimum absolute atomic E-state index is 0.0371. The highest BCUT2D eigenvalue weighted by Gasteiger charge is 2.75. The molecule has 1 aromatic rings. The minimum Gasteiger partial charge on any atom is -0.497 e. The van der Waals surface area contributed by atoms with Gasteiger partial charge in [-0.2, -0.15) is 0 Å². The number of aliphatic hydroxyl groups excluding tert-OH is 1. The molecule has 1 saturated carbocycles. The van der Waals surface area contributed by atoms with Crippen molar-refractivity contribution in [1.29, 1.82) is 0 Å². The van der Waals surface area contributed by atoms with Gasteiger partial charge < -0.3 is 19.3 Å². The van der Waals surface area contributed by atoms with E-state index >= 15 is 0 Å². The first-order valence-electron chi connectivity index (χ1n) is 7.78. The van der Waals surface area contributed by atoms with Crippen LogP contribution in [0.1, 0.15) is 30.1 Å². The van der Waals surface area contributed by atoms with Gasteiger partial charge in [-0.25, -0.2) is 0 Å². The first-order chi connectivity index (χ1) is 10.6. The van der Waals surface area contributed by atoms with Crippen molar-refractivity contribution in [1.82, 2.24) is 0 Å². The van der Waals surface area contributed by atoms with Crippen molar-refractivity contribution in [2.45, 2.75) is 31.2 Å². The number of carbonyl (C=O) groups excluding carboxylic acids is 1. The van der Waals surface area contributed by atoms with E-state index in [-0.39, 0.29) is 48.6 Å². The van der Waals surface area contributed by atoms with Crippen LogP contribution in [0.5, 0.6) is 5.75 Å². The summed E-state index contributed by atoms with van der Waals surface area (Å²) in [4.78, 5) is 12.6. The Morgan fingerprint density at radius 1 is 1.32 bits per heavy atom. The monoisotopic (exact) mass is 302 g/mol. The predicted molar refractivity (Wildman–Crippen MR) is 75.4 cm³/mol. The summed E-state index contributed by atoms with van der Waals surface area (Å²) in [5, 5.41) is 10.2. The molecule has 5 heteroatoms. The molecule has 4 fully saturated rings. The Hall–Kier alpha value is -1.59. The standard InChI is InChI=1S/C17H18O5/c1-7-13-15-11-12(17(7,6-18)16(19)22-15)10-5-8(20-2)3-4-9(10)14(11)21-13/h3-5,7,11-15,18H,6H2,1-2H3/t7-,11?,12?,13?,14-,15+,17+/m0/s1. The average molecular weight is 302 g/mol. The zero-order valence-electron chi connectivity index (χ0n) is 12.5. The van der Waals surface area contributed by atoms with Gasteiger partial charge in [-0.1, -0.05) is 13.0 Å². The van der Waals surface area contributed by atoms with Crippen LogP contribution in [0.15, 0.2) is 18.2 Å². The van der Waals surface area contributed by atoms with Crippen molar-refractivity contribution in [3.63, 3.8) is 0 Å². The van der Waals surface area contributed by atoms with Crippen LogP contribution in [0.4, 0.5) is 0 Å². The lowest BCUT2D eigenvalue weighted by Gasteiger charge is -2.54. The van der Waals surface area contributed by atoms with E-state index in [9.17, 15) is 9.90 Å². The van der Waals surface area contributed by atoms with Crippen molar-refractivity contribution >= 4 is 5.97 Å². The Labute approximate surface area is 128 Å². The third-order valence-corrected chi connectivity index (χ3v) is 6.42. The van der Waals surface area contributed by atoms with Gasteiger partial charge in [0.15, 0.2) is 0 Å². The molecule has 7 atom stereocenters. The molecule has 1 N–H and O–H groups in total. The van der Waals surface area contributed by atoms with E-state index in [2.05, 4.69) is 0 Å². The molecule has 1 aromatic carbocycles. The molecule has 5 nitrogen and oxygen atoms in total. The number of ether oxygens (including phenoxy) is 3. The number of aliphatic hydroxyl groups is 1. The molecule has 22 heavy (non-hydrogen) atoms. The lowest BCUT2D eigenvalue weighted by Crippen LogP contribution is -2.65. The van der Waals surface area contributed by atoms with Crippen molar-refractivity contribution < 1.29 is 24.1 Å². The molecule has 0 spiro atoms. The molecule has 4 bridgehead atoms. The summed E-state index contributed by atoms with van der Waals surface area (Å²) < 4.78 is 17.3. The lowest BCUT2D eigenvalue weighted by molar-refractivity contribution is -0.218. The van der Waals surface area contributed by atoms with E-state index in [1.807, 2.05) is 25.1 Å². The highest BCUT2D eigenvalue weighted by molar-refractivity contribution is 5.83. The smallest absolute Gasteiger partial charge is 0.315 e. The molecule has 3 aliphatic heterocycles. The molecule has 3 unspecified atom stereocenters. The number of carbonyl (C=O) groups is 1. The van der Waals surface area contributed by atoms with Gasteiger partial charge in [-0.15, -0.1) is 0 Å². The summed E-state index contributed by atoms with van der Waals surface area (Å²) in [6, 6.07) is 5.95. The van der Waals surface area contributed by atoms with E-state index in [1.165, 1.54) is 0 Å². The molecule has 3 heterocycles. The maximum Gasteiger partial charge on any atom is 0.315 e. The topological polar surface area (TPSA) is 65.0 Å². The van der Waals surface area contributed by atoms with Gasteiger partial charge in [-0.3, -0.25) is 4.79 Å². The Kier molecular flexibility index (Phi) is 2.25. The van der Waals surface area contributed by atoms with Crippen LogP contribution in [0, 0.1) is 17.3 Å². The van der Waals surface area contributed by atoms with Gasteiger partial charge in [-0.05, 0) is 23.3 Å². The number of fused-ring (bicyclic) bond motifs is 3. The summed E-state index contributed by atoms with van der Waals surface area (Å²) >= 11 is 0. The molecule has 5 aliphatic rings. The van der Waals surface area contributed by atoms with Crippen molar-refractivity contribution in [3.05, 3.63) is 29.3 Å². The van der Waals surface area contributed by atoms with Gasteiger partial charge in [0.25, 0.3) is 0 Å². The molecular weight excluding hydrogens is 284 g/mol. The second-order valence-corrected chi connectivity index (χ2v) is 6.93. The van der Waals surface area contributed by atoms with Crippen LogP contribution in [0.2, 0.25) is 0 Å². The zero-order chi connectivity index (χ0) is 15.2. The van der Waals surface area contributed by atoms with Crippen LogP contribution in [-0.2, 0) is 14.3 Å². The summed E-state index contributed by atoms with van der Waals surface area (Å²) in [5.74, 6) is 0.519. The second kappa shape index (κ2) is 3.84. The predicted octanol–water partition coefficient (Wildman–Crippen LogP) is 1.40. The molecule has 0 amide bonds. The molecule has 6 rings (SSSR count). The Bertz CT molecular complexity index is 686. The van der Waals surface area contributed by atoms with Crippen LogP contribution < -0.4 is 4.74 Å². The summed E-state index contributed by atoms with van der Waals surface area (Å²) in [5.41, 5.74) is 1.30. The Morgan fingerprint density at radius 2 is 2.14 bits per heavy atom. The fourth-order valence-corrected chi connectivity index (χ4v) is 5.39. The van der Waals surface area contributed by atoms with Gasteiger partial charge in [0, 0.05) is 17.8 Å². The normalized spacial score (nSPS) is 46.6. The molecule has 116 valence electrons. The maximum absolute atomic E-state index is 12.6. The van der Waals surface area contributed by atoms with E-state index < -0.39 is 5.41 Å². The average Bonchev–Trinajstić information content (AvgIpc) is 3.02. The van der Waals surface area contributed by atoms with E-state index in [4.69, 9.17) is 14.2 Å². The quantitative estimate of drug-likeness (QED) is 0.837. The second-order valence-electron chi connectivity index (χ2n) is 6.93. The molecule has 3 saturated heterocycles. The lowest BCUT2D eigenvalue weighted by atomic mass is 9.54. The SMILES string of the molecule is COc1ccc2c(c1)C1C3[C@H]4OC(=O)[C@]1(CO)[C@@H](C)C4O[C@@H]23. The van der Waals surface area contributed by atoms with Gasteiger partial charge in [0.2, 0.25) is 0 Å². The maximum atomic E-state index is 12.6. The fraction of sp³-hybridized carbons (Fsp3) is 0.588. The molecule has 2 aliphatic carbocycles. The van der Waals surface area contributed by atoms with Crippen LogP contribution in [0.3, 0.4) is 0 Å². The fourth-order valence-electron chi connectivity index (χ4n) is 5.39. The molecular formula is C17H18O5. The Morgan fingerprint density at radius 3 is 2.86 bits per heavy atom. The van der Waals surface area contributed by atoms with Crippen molar-refractivity contribution in [2.75, 3.05) is 13.7 Å². The number of rotatable bonds is 2. The summed E-state index contributed by atoms with van der Waals surface area (Å²) in [6.07, 6.45) is -0.333. The highest BCUT2D eigenvalue weighted by Crippen LogP contribution is 2.70. The zero-order valence-corrected chi connectivity index (χ0v) is 12.5. The first-order valence-corrected chi connectivity index (χ1v) is 7.78. The number of esters is 1. The van der Waals surface area contributed by atoms with Gasteiger partial charge in [0.1, 0.15) is 17.3 Å². The summed E-state index contributed by atoms with van der Waals surface area (Å²) in [7, 11) is 1.63. The number of methoxy groups -OCH3 is 1. The van der Waals surface area contributed by atoms with Gasteiger partial charge in [0.05, 0.1) is 25.9 Å². The minimum atomic E-state index is -0.892. The number of hydrogen-bond acceptors (Lipinski definition) is 5. The third-order valence-electron chi connectivity index (χ3n) is 6.42. The Balaban J connectivity index is 1.78. The van der Waals surface area contributed by atoms with Gasteiger partial charge >= 0.3 is 5.97 Å². The van der Waals surface area contributed by atoms with Crippen LogP contribution in [0.25, 0.3) is 0 Å². The van der Waals surface area contributed by atoms with Crippen molar-refractivity contribution in [3.8, 4) is 5.75 Å². The molecule has 0 radical (unpaired) electrons. The van der Waals surface area contributed by atoms with Crippen LogP contribution in [-0.4, -0.2) is 37.0 Å². The summed E-state index contributed by atoms with van der Waals surface area (Å²) in [6.45, 7) is 1.80. The highest BCUT2D eigenvalue weighted by atomic mass is 16.6. The van der Waals surface area contributed by atoms with E-state index in [1.54, 1.807) is 7.11 Å². The molecule has 0 aromatic heterocycles.